The molecule has 4 rings (SSSR count). The number of rotatable bonds is 4. The highest BCUT2D eigenvalue weighted by Gasteiger charge is 2.21. The Morgan fingerprint density at radius 2 is 1.79 bits per heavy atom. The third-order valence-electron chi connectivity index (χ3n) is 4.73. The quantitative estimate of drug-likeness (QED) is 0.523. The number of nitrogens with zero attached hydrogens (tertiary/aromatic N) is 1. The average Bonchev–Trinajstić information content (AvgIpc) is 3.23. The Balaban J connectivity index is 1.84. The van der Waals surface area contributed by atoms with Gasteiger partial charge in [-0.1, -0.05) is 36.4 Å². The predicted molar refractivity (Wildman–Crippen MR) is 107 cm³/mol. The average molecular weight is 373 g/mol. The van der Waals surface area contributed by atoms with Crippen molar-refractivity contribution >= 4 is 16.9 Å². The van der Waals surface area contributed by atoms with E-state index < -0.39 is 0 Å². The van der Waals surface area contributed by atoms with E-state index in [1.165, 1.54) is 4.90 Å². The molecule has 28 heavy (non-hydrogen) atoms. The molecular formula is C23H19NO4. The van der Waals surface area contributed by atoms with Crippen molar-refractivity contribution in [2.24, 2.45) is 0 Å². The summed E-state index contributed by atoms with van der Waals surface area (Å²) in [5, 5.41) is 0.398. The van der Waals surface area contributed by atoms with Gasteiger partial charge in [0.15, 0.2) is 11.0 Å². The van der Waals surface area contributed by atoms with E-state index in [9.17, 15) is 9.59 Å². The van der Waals surface area contributed by atoms with Crippen LogP contribution in [0.25, 0.3) is 22.3 Å². The topological polar surface area (TPSA) is 63.7 Å². The van der Waals surface area contributed by atoms with Crippen LogP contribution in [-0.2, 0) is 6.54 Å². The number of carbonyl (C=O) groups excluding carboxylic acids is 1. The van der Waals surface area contributed by atoms with Gasteiger partial charge in [-0.25, -0.2) is 0 Å². The molecule has 0 unspecified atom stereocenters. The first-order valence-corrected chi connectivity index (χ1v) is 8.96. The lowest BCUT2D eigenvalue weighted by Gasteiger charge is -2.17. The van der Waals surface area contributed by atoms with Gasteiger partial charge in [-0.15, -0.1) is 0 Å². The first-order valence-electron chi connectivity index (χ1n) is 8.96. The van der Waals surface area contributed by atoms with Gasteiger partial charge in [0.2, 0.25) is 0 Å². The number of para-hydroxylation sites is 1. The zero-order chi connectivity index (χ0) is 19.7. The predicted octanol–water partition coefficient (Wildman–Crippen LogP) is 4.63. The van der Waals surface area contributed by atoms with Gasteiger partial charge >= 0.3 is 0 Å². The van der Waals surface area contributed by atoms with Crippen LogP contribution in [0.5, 0.6) is 0 Å². The molecule has 2 aromatic heterocycles. The molecule has 4 aromatic rings. The normalized spacial score (nSPS) is 10.9. The maximum atomic E-state index is 13.1. The Hall–Kier alpha value is -3.60. The van der Waals surface area contributed by atoms with Crippen molar-refractivity contribution in [3.05, 3.63) is 94.0 Å². The van der Waals surface area contributed by atoms with Crippen LogP contribution < -0.4 is 5.43 Å². The van der Waals surface area contributed by atoms with E-state index in [2.05, 4.69) is 0 Å². The van der Waals surface area contributed by atoms with Crippen LogP contribution in [0.3, 0.4) is 0 Å². The van der Waals surface area contributed by atoms with E-state index in [-0.39, 0.29) is 11.3 Å². The van der Waals surface area contributed by atoms with Crippen molar-refractivity contribution in [2.75, 3.05) is 7.05 Å². The maximum absolute atomic E-state index is 13.1. The smallest absolute Gasteiger partial charge is 0.257 e. The van der Waals surface area contributed by atoms with Crippen molar-refractivity contribution < 1.29 is 13.6 Å². The summed E-state index contributed by atoms with van der Waals surface area (Å²) in [4.78, 5) is 27.5. The van der Waals surface area contributed by atoms with E-state index in [1.807, 2.05) is 36.4 Å². The molecule has 0 spiro atoms. The van der Waals surface area contributed by atoms with Crippen molar-refractivity contribution in [2.45, 2.75) is 13.5 Å². The molecular weight excluding hydrogens is 354 g/mol. The van der Waals surface area contributed by atoms with Gasteiger partial charge in [-0.3, -0.25) is 9.59 Å². The molecule has 5 heteroatoms. The highest BCUT2D eigenvalue weighted by molar-refractivity contribution is 6.05. The van der Waals surface area contributed by atoms with E-state index in [4.69, 9.17) is 8.83 Å². The summed E-state index contributed by atoms with van der Waals surface area (Å²) in [6.07, 6.45) is 1.57. The van der Waals surface area contributed by atoms with Gasteiger partial charge in [0.1, 0.15) is 11.5 Å². The summed E-state index contributed by atoms with van der Waals surface area (Å²) in [6.45, 7) is 2.06. The molecule has 0 atom stereocenters. The molecule has 2 heterocycles. The SMILES string of the molecule is Cc1c(-c2ccccc2)oc2c(C(=O)N(C)Cc3ccco3)cccc2c1=O. The molecule has 0 aliphatic carbocycles. The van der Waals surface area contributed by atoms with Crippen LogP contribution in [0, 0.1) is 6.92 Å². The summed E-state index contributed by atoms with van der Waals surface area (Å²) < 4.78 is 11.4. The molecule has 0 saturated carbocycles. The molecule has 0 fully saturated rings. The highest BCUT2D eigenvalue weighted by Crippen LogP contribution is 2.27. The number of furan rings is 1. The fraction of sp³-hybridized carbons (Fsp3) is 0.130. The molecule has 5 nitrogen and oxygen atoms in total. The molecule has 140 valence electrons. The molecule has 0 aliphatic heterocycles. The summed E-state index contributed by atoms with van der Waals surface area (Å²) in [7, 11) is 1.69. The molecule has 1 amide bonds. The van der Waals surface area contributed by atoms with Gasteiger partial charge < -0.3 is 13.7 Å². The van der Waals surface area contributed by atoms with Crippen molar-refractivity contribution in [3.63, 3.8) is 0 Å². The van der Waals surface area contributed by atoms with Crippen molar-refractivity contribution in [1.82, 2.24) is 4.90 Å². The third kappa shape index (κ3) is 3.11. The van der Waals surface area contributed by atoms with Gasteiger partial charge in [0, 0.05) is 18.2 Å². The first-order chi connectivity index (χ1) is 13.6. The minimum absolute atomic E-state index is 0.136. The van der Waals surface area contributed by atoms with Crippen molar-refractivity contribution in [3.8, 4) is 11.3 Å². The van der Waals surface area contributed by atoms with Gasteiger partial charge in [0.05, 0.1) is 23.8 Å². The zero-order valence-electron chi connectivity index (χ0n) is 15.6. The Kier molecular flexibility index (Phi) is 4.57. The number of amides is 1. The van der Waals surface area contributed by atoms with Crippen LogP contribution in [0.15, 0.2) is 80.6 Å². The second-order valence-corrected chi connectivity index (χ2v) is 6.67. The molecule has 0 bridgehead atoms. The monoisotopic (exact) mass is 373 g/mol. The van der Waals surface area contributed by atoms with Crippen LogP contribution >= 0.6 is 0 Å². The lowest BCUT2D eigenvalue weighted by molar-refractivity contribution is 0.0776. The largest absolute Gasteiger partial charge is 0.467 e. The summed E-state index contributed by atoms with van der Waals surface area (Å²) in [5.74, 6) is 0.915. The van der Waals surface area contributed by atoms with Gasteiger partial charge in [0.25, 0.3) is 5.91 Å². The number of fused-ring (bicyclic) bond motifs is 1. The Morgan fingerprint density at radius 1 is 1.00 bits per heavy atom. The molecule has 0 aliphatic rings. The lowest BCUT2D eigenvalue weighted by atomic mass is 10.0. The van der Waals surface area contributed by atoms with Crippen molar-refractivity contribution in [1.29, 1.82) is 0 Å². The molecule has 0 N–H and O–H groups in total. The number of carbonyl (C=O) groups is 1. The fourth-order valence-corrected chi connectivity index (χ4v) is 3.26. The second-order valence-electron chi connectivity index (χ2n) is 6.67. The van der Waals surface area contributed by atoms with E-state index in [0.29, 0.717) is 40.2 Å². The van der Waals surface area contributed by atoms with E-state index in [0.717, 1.165) is 5.56 Å². The van der Waals surface area contributed by atoms with Crippen LogP contribution in [0.4, 0.5) is 0 Å². The Labute approximate surface area is 161 Å². The third-order valence-corrected chi connectivity index (χ3v) is 4.73. The summed E-state index contributed by atoms with van der Waals surface area (Å²) in [5.41, 5.74) is 1.83. The lowest BCUT2D eigenvalue weighted by Crippen LogP contribution is -2.26. The minimum atomic E-state index is -0.243. The Morgan fingerprint density at radius 3 is 2.50 bits per heavy atom. The van der Waals surface area contributed by atoms with Gasteiger partial charge in [-0.05, 0) is 31.2 Å². The van der Waals surface area contributed by atoms with E-state index in [1.54, 1.807) is 44.5 Å². The standard InChI is InChI=1S/C23H19NO4/c1-15-20(25)18-11-6-12-19(23(26)24(2)14-17-10-7-13-27-17)22(18)28-21(15)16-8-4-3-5-9-16/h3-13H,14H2,1-2H3. The van der Waals surface area contributed by atoms with Crippen LogP contribution in [0.2, 0.25) is 0 Å². The minimum Gasteiger partial charge on any atom is -0.467 e. The number of benzene rings is 2. The molecule has 2 aromatic carbocycles. The Bertz CT molecular complexity index is 1190. The highest BCUT2D eigenvalue weighted by atomic mass is 16.3. The molecule has 0 radical (unpaired) electrons. The molecule has 0 saturated heterocycles. The van der Waals surface area contributed by atoms with Gasteiger partial charge in [-0.2, -0.15) is 0 Å². The fourth-order valence-electron chi connectivity index (χ4n) is 3.26. The summed E-state index contributed by atoms with van der Waals surface area (Å²) in [6, 6.07) is 18.1. The second kappa shape index (κ2) is 7.19. The number of hydrogen-bond acceptors (Lipinski definition) is 4. The number of hydrogen-bond donors (Lipinski definition) is 0. The van der Waals surface area contributed by atoms with Crippen LogP contribution in [-0.4, -0.2) is 17.9 Å². The maximum Gasteiger partial charge on any atom is 0.257 e. The zero-order valence-corrected chi connectivity index (χ0v) is 15.6. The summed E-state index contributed by atoms with van der Waals surface area (Å²) >= 11 is 0. The van der Waals surface area contributed by atoms with E-state index >= 15 is 0 Å². The van der Waals surface area contributed by atoms with Crippen LogP contribution in [0.1, 0.15) is 21.7 Å². The first kappa shape index (κ1) is 17.8.